The van der Waals surface area contributed by atoms with Crippen molar-refractivity contribution in [2.75, 3.05) is 0 Å². The van der Waals surface area contributed by atoms with Gasteiger partial charge in [0.2, 0.25) is 0 Å². The van der Waals surface area contributed by atoms with Crippen LogP contribution in [-0.4, -0.2) is 11.6 Å². The standard InChI is InChI=1S/C16H16N2O2/c1-11-15(8-9-20-11)16(19)18-17-14-7-6-12-4-2-3-5-13(12)10-14/h2-5,8-9H,6-7,10H2,1H3,(H,18,19)/b17-14-. The number of furan rings is 1. The van der Waals surface area contributed by atoms with Crippen molar-refractivity contribution < 1.29 is 9.21 Å². The summed E-state index contributed by atoms with van der Waals surface area (Å²) < 4.78 is 5.11. The lowest BCUT2D eigenvalue weighted by Crippen LogP contribution is -2.22. The molecule has 2 aromatic rings. The minimum absolute atomic E-state index is 0.220. The molecule has 102 valence electrons. The second-order valence-corrected chi connectivity index (χ2v) is 4.95. The van der Waals surface area contributed by atoms with Gasteiger partial charge in [-0.15, -0.1) is 0 Å². The van der Waals surface area contributed by atoms with Crippen LogP contribution in [0.15, 0.2) is 46.1 Å². The lowest BCUT2D eigenvalue weighted by molar-refractivity contribution is 0.0953. The predicted molar refractivity (Wildman–Crippen MR) is 76.8 cm³/mol. The number of hydrogen-bond acceptors (Lipinski definition) is 3. The Hall–Kier alpha value is -2.36. The fourth-order valence-corrected chi connectivity index (χ4v) is 2.47. The van der Waals surface area contributed by atoms with Gasteiger partial charge in [0.05, 0.1) is 11.8 Å². The number of benzene rings is 1. The third kappa shape index (κ3) is 2.50. The fourth-order valence-electron chi connectivity index (χ4n) is 2.47. The van der Waals surface area contributed by atoms with Crippen molar-refractivity contribution in [1.82, 2.24) is 5.43 Å². The molecule has 1 aromatic carbocycles. The summed E-state index contributed by atoms with van der Waals surface area (Å²) in [7, 11) is 0. The molecule has 4 nitrogen and oxygen atoms in total. The summed E-state index contributed by atoms with van der Waals surface area (Å²) in [6.45, 7) is 1.76. The Morgan fingerprint density at radius 1 is 1.20 bits per heavy atom. The summed E-state index contributed by atoms with van der Waals surface area (Å²) in [6.07, 6.45) is 4.19. The molecule has 0 radical (unpaired) electrons. The summed E-state index contributed by atoms with van der Waals surface area (Å²) in [5.41, 5.74) is 6.84. The van der Waals surface area contributed by atoms with Crippen LogP contribution in [0.4, 0.5) is 0 Å². The van der Waals surface area contributed by atoms with E-state index in [-0.39, 0.29) is 5.91 Å². The fraction of sp³-hybridized carbons (Fsp3) is 0.250. The number of nitrogens with one attached hydrogen (secondary N) is 1. The molecule has 3 rings (SSSR count). The van der Waals surface area contributed by atoms with E-state index in [1.54, 1.807) is 13.0 Å². The highest BCUT2D eigenvalue weighted by Gasteiger charge is 2.15. The van der Waals surface area contributed by atoms with E-state index in [0.717, 1.165) is 25.0 Å². The summed E-state index contributed by atoms with van der Waals surface area (Å²) in [5.74, 6) is 0.388. The van der Waals surface area contributed by atoms with E-state index in [9.17, 15) is 4.79 Å². The molecule has 1 aromatic heterocycles. The van der Waals surface area contributed by atoms with Crippen molar-refractivity contribution in [3.8, 4) is 0 Å². The molecule has 0 unspecified atom stereocenters. The Morgan fingerprint density at radius 2 is 2.00 bits per heavy atom. The first-order valence-corrected chi connectivity index (χ1v) is 6.70. The molecule has 1 heterocycles. The van der Waals surface area contributed by atoms with Crippen LogP contribution in [0.25, 0.3) is 0 Å². The number of carbonyl (C=O) groups is 1. The van der Waals surface area contributed by atoms with Crippen molar-refractivity contribution in [3.05, 3.63) is 59.0 Å². The van der Waals surface area contributed by atoms with Gasteiger partial charge in [0.1, 0.15) is 5.76 Å². The molecule has 0 fully saturated rings. The zero-order chi connectivity index (χ0) is 13.9. The average Bonchev–Trinajstić information content (AvgIpc) is 2.91. The van der Waals surface area contributed by atoms with Gasteiger partial charge in [0, 0.05) is 12.1 Å². The van der Waals surface area contributed by atoms with Gasteiger partial charge in [0.15, 0.2) is 0 Å². The van der Waals surface area contributed by atoms with E-state index in [2.05, 4.69) is 28.7 Å². The molecule has 1 N–H and O–H groups in total. The predicted octanol–water partition coefficient (Wildman–Crippen LogP) is 2.86. The second kappa shape index (κ2) is 5.33. The minimum atomic E-state index is -0.220. The first-order valence-electron chi connectivity index (χ1n) is 6.70. The SMILES string of the molecule is Cc1occc1C(=O)N/N=C1/CCc2ccccc2C1. The van der Waals surface area contributed by atoms with Gasteiger partial charge >= 0.3 is 0 Å². The molecule has 1 aliphatic carbocycles. The van der Waals surface area contributed by atoms with Crippen LogP contribution in [-0.2, 0) is 12.8 Å². The zero-order valence-electron chi connectivity index (χ0n) is 11.3. The average molecular weight is 268 g/mol. The number of hydrogen-bond donors (Lipinski definition) is 1. The molecule has 4 heteroatoms. The lowest BCUT2D eigenvalue weighted by atomic mass is 9.90. The highest BCUT2D eigenvalue weighted by molar-refractivity contribution is 5.96. The van der Waals surface area contributed by atoms with Crippen LogP contribution >= 0.6 is 0 Å². The number of fused-ring (bicyclic) bond motifs is 1. The summed E-state index contributed by atoms with van der Waals surface area (Å²) in [5, 5.41) is 4.25. The molecule has 20 heavy (non-hydrogen) atoms. The maximum atomic E-state index is 11.9. The zero-order valence-corrected chi connectivity index (χ0v) is 11.3. The lowest BCUT2D eigenvalue weighted by Gasteiger charge is -2.17. The van der Waals surface area contributed by atoms with Crippen LogP contribution in [0.2, 0.25) is 0 Å². The maximum absolute atomic E-state index is 11.9. The van der Waals surface area contributed by atoms with Crippen molar-refractivity contribution in [3.63, 3.8) is 0 Å². The molecule has 0 bridgehead atoms. The van der Waals surface area contributed by atoms with Crippen molar-refractivity contribution in [1.29, 1.82) is 0 Å². The van der Waals surface area contributed by atoms with E-state index in [4.69, 9.17) is 4.42 Å². The molecule has 0 saturated heterocycles. The summed E-state index contributed by atoms with van der Waals surface area (Å²) in [4.78, 5) is 11.9. The number of nitrogens with zero attached hydrogens (tertiary/aromatic N) is 1. The Morgan fingerprint density at radius 3 is 2.75 bits per heavy atom. The number of rotatable bonds is 2. The molecule has 1 aliphatic rings. The third-order valence-electron chi connectivity index (χ3n) is 3.61. The van der Waals surface area contributed by atoms with E-state index in [1.807, 2.05) is 6.07 Å². The molecular formula is C16H16N2O2. The topological polar surface area (TPSA) is 54.6 Å². The Kier molecular flexibility index (Phi) is 3.37. The van der Waals surface area contributed by atoms with Crippen molar-refractivity contribution >= 4 is 11.6 Å². The monoisotopic (exact) mass is 268 g/mol. The Balaban J connectivity index is 1.69. The Labute approximate surface area is 117 Å². The molecule has 0 atom stereocenters. The van der Waals surface area contributed by atoms with Gasteiger partial charge in [-0.25, -0.2) is 5.43 Å². The molecule has 1 amide bonds. The van der Waals surface area contributed by atoms with Gasteiger partial charge in [-0.1, -0.05) is 24.3 Å². The summed E-state index contributed by atoms with van der Waals surface area (Å²) >= 11 is 0. The quantitative estimate of drug-likeness (QED) is 0.851. The molecular weight excluding hydrogens is 252 g/mol. The number of amides is 1. The van der Waals surface area contributed by atoms with E-state index in [1.165, 1.54) is 17.4 Å². The first kappa shape index (κ1) is 12.7. The molecule has 0 saturated carbocycles. The highest BCUT2D eigenvalue weighted by Crippen LogP contribution is 2.19. The van der Waals surface area contributed by atoms with Crippen molar-refractivity contribution in [2.24, 2.45) is 5.10 Å². The largest absolute Gasteiger partial charge is 0.469 e. The number of hydrazone groups is 1. The van der Waals surface area contributed by atoms with Gasteiger partial charge < -0.3 is 4.42 Å². The van der Waals surface area contributed by atoms with Crippen LogP contribution in [0, 0.1) is 6.92 Å². The molecule has 0 spiro atoms. The second-order valence-electron chi connectivity index (χ2n) is 4.95. The van der Waals surface area contributed by atoms with Gasteiger partial charge in [-0.05, 0) is 37.0 Å². The van der Waals surface area contributed by atoms with Gasteiger partial charge in [0.25, 0.3) is 5.91 Å². The first-order chi connectivity index (χ1) is 9.74. The van der Waals surface area contributed by atoms with Crippen molar-refractivity contribution in [2.45, 2.75) is 26.2 Å². The molecule has 0 aliphatic heterocycles. The van der Waals surface area contributed by atoms with Crippen LogP contribution < -0.4 is 5.43 Å². The van der Waals surface area contributed by atoms with E-state index in [0.29, 0.717) is 11.3 Å². The van der Waals surface area contributed by atoms with Gasteiger partial charge in [-0.2, -0.15) is 5.10 Å². The normalized spacial score (nSPS) is 15.9. The van der Waals surface area contributed by atoms with E-state index < -0.39 is 0 Å². The summed E-state index contributed by atoms with van der Waals surface area (Å²) in [6, 6.07) is 10.0. The van der Waals surface area contributed by atoms with Crippen LogP contribution in [0.5, 0.6) is 0 Å². The minimum Gasteiger partial charge on any atom is -0.469 e. The number of carbonyl (C=O) groups excluding carboxylic acids is 1. The highest BCUT2D eigenvalue weighted by atomic mass is 16.3. The number of aryl methyl sites for hydroxylation is 2. The maximum Gasteiger partial charge on any atom is 0.274 e. The Bertz CT molecular complexity index is 671. The van der Waals surface area contributed by atoms with Gasteiger partial charge in [-0.3, -0.25) is 4.79 Å². The van der Waals surface area contributed by atoms with E-state index >= 15 is 0 Å². The third-order valence-corrected chi connectivity index (χ3v) is 3.61. The van der Waals surface area contributed by atoms with Crippen LogP contribution in [0.1, 0.15) is 33.7 Å². The smallest absolute Gasteiger partial charge is 0.274 e. The van der Waals surface area contributed by atoms with Crippen LogP contribution in [0.3, 0.4) is 0 Å².